The summed E-state index contributed by atoms with van der Waals surface area (Å²) in [5, 5.41) is 9.19. The Labute approximate surface area is 124 Å². The van der Waals surface area contributed by atoms with Crippen LogP contribution in [0.1, 0.15) is 19.8 Å². The molecule has 0 fully saturated rings. The van der Waals surface area contributed by atoms with E-state index in [0.717, 1.165) is 25.1 Å². The minimum atomic E-state index is -0.211. The molecule has 0 spiro atoms. The highest BCUT2D eigenvalue weighted by Gasteiger charge is 2.11. The van der Waals surface area contributed by atoms with E-state index in [-0.39, 0.29) is 5.56 Å². The Morgan fingerprint density at radius 1 is 1.24 bits per heavy atom. The Kier molecular flexibility index (Phi) is 5.20. The van der Waals surface area contributed by atoms with Gasteiger partial charge in [0, 0.05) is 19.3 Å². The molecule has 0 aliphatic heterocycles. The minimum absolute atomic E-state index is 0.211. The first-order valence-electron chi connectivity index (χ1n) is 7.12. The lowest BCUT2D eigenvalue weighted by molar-refractivity contribution is 0.830. The summed E-state index contributed by atoms with van der Waals surface area (Å²) < 4.78 is 0. The van der Waals surface area contributed by atoms with Crippen molar-refractivity contribution in [1.29, 1.82) is 0 Å². The predicted molar refractivity (Wildman–Crippen MR) is 87.5 cm³/mol. The fourth-order valence-corrected chi connectivity index (χ4v) is 1.88. The molecule has 1 aromatic heterocycles. The number of H-pyrrole nitrogens is 1. The number of hydrogen-bond acceptors (Lipinski definition) is 5. The van der Waals surface area contributed by atoms with Crippen LogP contribution >= 0.6 is 0 Å². The Bertz CT molecular complexity index is 624. The van der Waals surface area contributed by atoms with Gasteiger partial charge in [-0.15, -0.1) is 0 Å². The zero-order chi connectivity index (χ0) is 15.1. The summed E-state index contributed by atoms with van der Waals surface area (Å²) in [7, 11) is 1.72. The van der Waals surface area contributed by atoms with Crippen molar-refractivity contribution in [3.05, 3.63) is 40.7 Å². The van der Waals surface area contributed by atoms with Gasteiger partial charge < -0.3 is 16.0 Å². The van der Waals surface area contributed by atoms with E-state index >= 15 is 0 Å². The maximum atomic E-state index is 12.2. The standard InChI is InChI=1S/C15H21N5O/c1-3-4-10-17-13-12(14(21)20-15(16-2)19-13)18-11-8-6-5-7-9-11/h5-9,18H,3-4,10H2,1-2H3,(H3,16,17,19,20,21). The van der Waals surface area contributed by atoms with E-state index in [2.05, 4.69) is 32.8 Å². The number of nitrogens with one attached hydrogen (secondary N) is 4. The molecule has 1 aromatic carbocycles. The molecule has 0 aliphatic rings. The summed E-state index contributed by atoms with van der Waals surface area (Å²) in [6.07, 6.45) is 2.10. The molecule has 0 unspecified atom stereocenters. The number of unbranched alkanes of at least 4 members (excludes halogenated alkanes) is 1. The molecular weight excluding hydrogens is 266 g/mol. The SMILES string of the molecule is CCCCNc1nc(NC)[nH]c(=O)c1Nc1ccccc1. The summed E-state index contributed by atoms with van der Waals surface area (Å²) in [5.41, 5.74) is 1.06. The lowest BCUT2D eigenvalue weighted by Crippen LogP contribution is -2.19. The highest BCUT2D eigenvalue weighted by atomic mass is 16.1. The van der Waals surface area contributed by atoms with Crippen LogP contribution in [0.25, 0.3) is 0 Å². The molecule has 0 aliphatic carbocycles. The zero-order valence-electron chi connectivity index (χ0n) is 12.4. The third kappa shape index (κ3) is 3.98. The van der Waals surface area contributed by atoms with E-state index in [9.17, 15) is 4.79 Å². The lowest BCUT2D eigenvalue weighted by atomic mass is 10.3. The maximum Gasteiger partial charge on any atom is 0.278 e. The van der Waals surface area contributed by atoms with Gasteiger partial charge in [-0.25, -0.2) is 0 Å². The van der Waals surface area contributed by atoms with Crippen LogP contribution in [0.5, 0.6) is 0 Å². The Hall–Kier alpha value is -2.50. The fourth-order valence-electron chi connectivity index (χ4n) is 1.88. The summed E-state index contributed by atoms with van der Waals surface area (Å²) >= 11 is 0. The van der Waals surface area contributed by atoms with Gasteiger partial charge in [-0.3, -0.25) is 9.78 Å². The molecular formula is C15H21N5O. The van der Waals surface area contributed by atoms with Gasteiger partial charge in [0.2, 0.25) is 5.95 Å². The highest BCUT2D eigenvalue weighted by Crippen LogP contribution is 2.20. The molecule has 6 heteroatoms. The van der Waals surface area contributed by atoms with Crippen LogP contribution in [0.15, 0.2) is 35.1 Å². The second kappa shape index (κ2) is 7.33. The van der Waals surface area contributed by atoms with Crippen molar-refractivity contribution in [3.8, 4) is 0 Å². The Morgan fingerprint density at radius 2 is 2.00 bits per heavy atom. The van der Waals surface area contributed by atoms with Crippen molar-refractivity contribution in [3.63, 3.8) is 0 Å². The average Bonchev–Trinajstić information content (AvgIpc) is 2.51. The third-order valence-electron chi connectivity index (χ3n) is 3.02. The quantitative estimate of drug-likeness (QED) is 0.589. The number of aromatic nitrogens is 2. The van der Waals surface area contributed by atoms with Crippen LogP contribution in [-0.4, -0.2) is 23.6 Å². The zero-order valence-corrected chi connectivity index (χ0v) is 12.4. The van der Waals surface area contributed by atoms with Gasteiger partial charge in [0.15, 0.2) is 5.82 Å². The van der Waals surface area contributed by atoms with Gasteiger partial charge in [0.25, 0.3) is 5.56 Å². The van der Waals surface area contributed by atoms with Crippen molar-refractivity contribution in [2.45, 2.75) is 19.8 Å². The van der Waals surface area contributed by atoms with Crippen molar-refractivity contribution in [2.75, 3.05) is 29.5 Å². The van der Waals surface area contributed by atoms with E-state index in [0.29, 0.717) is 17.5 Å². The van der Waals surface area contributed by atoms with E-state index < -0.39 is 0 Å². The van der Waals surface area contributed by atoms with Crippen molar-refractivity contribution in [1.82, 2.24) is 9.97 Å². The molecule has 2 rings (SSSR count). The molecule has 0 saturated heterocycles. The summed E-state index contributed by atoms with van der Waals surface area (Å²) in [5.74, 6) is 0.998. The van der Waals surface area contributed by atoms with Crippen molar-refractivity contribution >= 4 is 23.1 Å². The van der Waals surface area contributed by atoms with Gasteiger partial charge in [0.1, 0.15) is 5.69 Å². The number of benzene rings is 1. The highest BCUT2D eigenvalue weighted by molar-refractivity contribution is 5.71. The second-order valence-electron chi connectivity index (χ2n) is 4.66. The van der Waals surface area contributed by atoms with Gasteiger partial charge in [-0.05, 0) is 18.6 Å². The van der Waals surface area contributed by atoms with Gasteiger partial charge in [-0.2, -0.15) is 4.98 Å². The normalized spacial score (nSPS) is 10.2. The van der Waals surface area contributed by atoms with Gasteiger partial charge in [0.05, 0.1) is 0 Å². The molecule has 6 nitrogen and oxygen atoms in total. The van der Waals surface area contributed by atoms with Crippen molar-refractivity contribution < 1.29 is 0 Å². The first kappa shape index (κ1) is 14.9. The summed E-state index contributed by atoms with van der Waals surface area (Å²) in [6, 6.07) is 9.56. The smallest absolute Gasteiger partial charge is 0.278 e. The number of nitrogens with zero attached hydrogens (tertiary/aromatic N) is 1. The van der Waals surface area contributed by atoms with E-state index in [1.54, 1.807) is 7.05 Å². The van der Waals surface area contributed by atoms with Gasteiger partial charge in [-0.1, -0.05) is 31.5 Å². The number of anilines is 4. The van der Waals surface area contributed by atoms with Crippen LogP contribution in [-0.2, 0) is 0 Å². The number of rotatable bonds is 7. The third-order valence-corrected chi connectivity index (χ3v) is 3.02. The molecule has 4 N–H and O–H groups in total. The van der Waals surface area contributed by atoms with Gasteiger partial charge >= 0.3 is 0 Å². The topological polar surface area (TPSA) is 81.8 Å². The molecule has 1 heterocycles. The number of aromatic amines is 1. The largest absolute Gasteiger partial charge is 0.368 e. The first-order valence-corrected chi connectivity index (χ1v) is 7.12. The summed E-state index contributed by atoms with van der Waals surface area (Å²) in [6.45, 7) is 2.90. The number of para-hydroxylation sites is 1. The molecule has 0 bridgehead atoms. The molecule has 0 radical (unpaired) electrons. The van der Waals surface area contributed by atoms with Crippen LogP contribution in [0, 0.1) is 0 Å². The van der Waals surface area contributed by atoms with E-state index in [4.69, 9.17) is 0 Å². The molecule has 0 atom stereocenters. The Balaban J connectivity index is 2.30. The molecule has 21 heavy (non-hydrogen) atoms. The lowest BCUT2D eigenvalue weighted by Gasteiger charge is -2.13. The monoisotopic (exact) mass is 287 g/mol. The van der Waals surface area contributed by atoms with E-state index in [1.165, 1.54) is 0 Å². The minimum Gasteiger partial charge on any atom is -0.368 e. The second-order valence-corrected chi connectivity index (χ2v) is 4.66. The average molecular weight is 287 g/mol. The molecule has 0 amide bonds. The van der Waals surface area contributed by atoms with Crippen LogP contribution in [0.4, 0.5) is 23.1 Å². The molecule has 0 saturated carbocycles. The van der Waals surface area contributed by atoms with E-state index in [1.807, 2.05) is 30.3 Å². The molecule has 112 valence electrons. The number of hydrogen-bond donors (Lipinski definition) is 4. The first-order chi connectivity index (χ1) is 10.2. The van der Waals surface area contributed by atoms with Crippen LogP contribution in [0.2, 0.25) is 0 Å². The van der Waals surface area contributed by atoms with Crippen LogP contribution < -0.4 is 21.5 Å². The Morgan fingerprint density at radius 3 is 2.67 bits per heavy atom. The van der Waals surface area contributed by atoms with Crippen molar-refractivity contribution in [2.24, 2.45) is 0 Å². The fraction of sp³-hybridized carbons (Fsp3) is 0.333. The van der Waals surface area contributed by atoms with Crippen LogP contribution in [0.3, 0.4) is 0 Å². The predicted octanol–water partition coefficient (Wildman–Crippen LogP) is 2.77. The molecule has 2 aromatic rings. The summed E-state index contributed by atoms with van der Waals surface area (Å²) in [4.78, 5) is 19.3. The maximum absolute atomic E-state index is 12.2.